The first-order valence-corrected chi connectivity index (χ1v) is 9.48. The molecule has 0 aliphatic carbocycles. The van der Waals surface area contributed by atoms with E-state index >= 15 is 0 Å². The minimum absolute atomic E-state index is 0.0158. The van der Waals surface area contributed by atoms with Crippen LogP contribution in [-0.2, 0) is 0 Å². The fourth-order valence-electron chi connectivity index (χ4n) is 3.34. The number of hydrogen-bond acceptors (Lipinski definition) is 4. The van der Waals surface area contributed by atoms with Crippen LogP contribution in [0.5, 0.6) is 11.5 Å². The summed E-state index contributed by atoms with van der Waals surface area (Å²) in [6.45, 7) is 1.13. The molecule has 148 valence electrons. The Bertz CT molecular complexity index is 863. The Labute approximate surface area is 169 Å². The third-order valence-electron chi connectivity index (χ3n) is 4.86. The molecule has 1 aliphatic rings. The fraction of sp³-hybridized carbons (Fsp3) is 0.333. The Morgan fingerprint density at radius 3 is 2.32 bits per heavy atom. The molecule has 2 aromatic rings. The maximum Gasteiger partial charge on any atom is 0.257 e. The quantitative estimate of drug-likeness (QED) is 0.832. The summed E-state index contributed by atoms with van der Waals surface area (Å²) in [7, 11) is 3.07. The summed E-state index contributed by atoms with van der Waals surface area (Å²) in [6, 6.07) is 12.1. The predicted molar refractivity (Wildman–Crippen MR) is 107 cm³/mol. The molecule has 7 heteroatoms. The number of rotatable bonds is 5. The van der Waals surface area contributed by atoms with Gasteiger partial charge in [-0.3, -0.25) is 9.59 Å². The van der Waals surface area contributed by atoms with Gasteiger partial charge in [0.25, 0.3) is 11.8 Å². The molecule has 1 N–H and O–H groups in total. The van der Waals surface area contributed by atoms with E-state index in [2.05, 4.69) is 5.32 Å². The topological polar surface area (TPSA) is 67.9 Å². The molecule has 1 saturated heterocycles. The molecule has 0 atom stereocenters. The molecule has 1 fully saturated rings. The van der Waals surface area contributed by atoms with Crippen molar-refractivity contribution in [1.82, 2.24) is 10.2 Å². The second-order valence-corrected chi connectivity index (χ2v) is 7.02. The van der Waals surface area contributed by atoms with Gasteiger partial charge in [0, 0.05) is 24.2 Å². The number of likely N-dealkylation sites (tertiary alicyclic amines) is 1. The molecule has 28 heavy (non-hydrogen) atoms. The molecule has 0 saturated carbocycles. The van der Waals surface area contributed by atoms with Crippen LogP contribution in [0.3, 0.4) is 0 Å². The zero-order valence-corrected chi connectivity index (χ0v) is 16.7. The van der Waals surface area contributed by atoms with Crippen molar-refractivity contribution >= 4 is 23.4 Å². The zero-order valence-electron chi connectivity index (χ0n) is 15.9. The highest BCUT2D eigenvalue weighted by Gasteiger charge is 2.27. The summed E-state index contributed by atoms with van der Waals surface area (Å²) < 4.78 is 10.5. The number of nitrogens with one attached hydrogen (secondary N) is 1. The van der Waals surface area contributed by atoms with Gasteiger partial charge in [-0.15, -0.1) is 0 Å². The summed E-state index contributed by atoms with van der Waals surface area (Å²) >= 11 is 6.01. The number of halogens is 1. The van der Waals surface area contributed by atoms with Gasteiger partial charge in [-0.25, -0.2) is 0 Å². The third kappa shape index (κ3) is 4.39. The summed E-state index contributed by atoms with van der Waals surface area (Å²) in [4.78, 5) is 27.2. The molecule has 1 heterocycles. The second kappa shape index (κ2) is 8.97. The molecular weight excluding hydrogens is 380 g/mol. The highest BCUT2D eigenvalue weighted by Crippen LogP contribution is 2.24. The van der Waals surface area contributed by atoms with Crippen LogP contribution in [-0.4, -0.2) is 50.1 Å². The summed E-state index contributed by atoms with van der Waals surface area (Å²) in [6.07, 6.45) is 1.35. The normalized spacial score (nSPS) is 14.5. The lowest BCUT2D eigenvalue weighted by Crippen LogP contribution is -2.46. The van der Waals surface area contributed by atoms with Gasteiger partial charge in [0.15, 0.2) is 0 Å². The molecular formula is C21H23ClN2O4. The van der Waals surface area contributed by atoms with Crippen LogP contribution in [0.2, 0.25) is 5.02 Å². The number of hydrogen-bond donors (Lipinski definition) is 1. The molecule has 2 amide bonds. The molecule has 0 aromatic heterocycles. The monoisotopic (exact) mass is 402 g/mol. The first-order valence-electron chi connectivity index (χ1n) is 9.10. The first-order chi connectivity index (χ1) is 13.5. The van der Waals surface area contributed by atoms with Crippen molar-refractivity contribution in [3.05, 3.63) is 58.6 Å². The van der Waals surface area contributed by atoms with E-state index in [4.69, 9.17) is 21.1 Å². The van der Waals surface area contributed by atoms with Crippen molar-refractivity contribution in [2.24, 2.45) is 0 Å². The van der Waals surface area contributed by atoms with Crippen molar-refractivity contribution < 1.29 is 19.1 Å². The Morgan fingerprint density at radius 2 is 1.64 bits per heavy atom. The van der Waals surface area contributed by atoms with Crippen molar-refractivity contribution in [3.63, 3.8) is 0 Å². The number of carbonyl (C=O) groups is 2. The van der Waals surface area contributed by atoms with E-state index < -0.39 is 0 Å². The van der Waals surface area contributed by atoms with Crippen LogP contribution >= 0.6 is 11.6 Å². The first kappa shape index (κ1) is 20.0. The fourth-order valence-corrected chi connectivity index (χ4v) is 3.51. The van der Waals surface area contributed by atoms with Crippen molar-refractivity contribution in [1.29, 1.82) is 0 Å². The smallest absolute Gasteiger partial charge is 0.257 e. The maximum atomic E-state index is 12.8. The summed E-state index contributed by atoms with van der Waals surface area (Å²) in [5.41, 5.74) is 0.957. The van der Waals surface area contributed by atoms with Gasteiger partial charge >= 0.3 is 0 Å². The van der Waals surface area contributed by atoms with Gasteiger partial charge in [-0.1, -0.05) is 23.7 Å². The number of benzene rings is 2. The van der Waals surface area contributed by atoms with Crippen LogP contribution in [0.4, 0.5) is 0 Å². The Kier molecular flexibility index (Phi) is 6.41. The van der Waals surface area contributed by atoms with Gasteiger partial charge in [-0.05, 0) is 43.2 Å². The van der Waals surface area contributed by atoms with Crippen molar-refractivity contribution in [2.75, 3.05) is 27.3 Å². The van der Waals surface area contributed by atoms with E-state index in [-0.39, 0.29) is 17.9 Å². The Balaban J connectivity index is 1.61. The van der Waals surface area contributed by atoms with Crippen molar-refractivity contribution in [3.8, 4) is 11.5 Å². The zero-order chi connectivity index (χ0) is 20.1. The van der Waals surface area contributed by atoms with E-state index in [0.717, 1.165) is 0 Å². The Hall–Kier alpha value is -2.73. The minimum Gasteiger partial charge on any atom is -0.496 e. The molecule has 2 aromatic carbocycles. The Morgan fingerprint density at radius 1 is 1.00 bits per heavy atom. The van der Waals surface area contributed by atoms with E-state index in [0.29, 0.717) is 53.6 Å². The number of nitrogens with zero attached hydrogens (tertiary/aromatic N) is 1. The van der Waals surface area contributed by atoms with Gasteiger partial charge in [0.2, 0.25) is 0 Å². The molecule has 0 radical (unpaired) electrons. The number of carbonyl (C=O) groups excluding carboxylic acids is 2. The van der Waals surface area contributed by atoms with Gasteiger partial charge in [-0.2, -0.15) is 0 Å². The van der Waals surface area contributed by atoms with E-state index in [1.165, 1.54) is 7.11 Å². The molecule has 1 aliphatic heterocycles. The molecule has 0 spiro atoms. The lowest BCUT2D eigenvalue weighted by Gasteiger charge is -2.32. The molecule has 6 nitrogen and oxygen atoms in total. The van der Waals surface area contributed by atoms with E-state index in [1.54, 1.807) is 42.3 Å². The molecule has 3 rings (SSSR count). The third-order valence-corrected chi connectivity index (χ3v) is 5.10. The minimum atomic E-state index is -0.228. The van der Waals surface area contributed by atoms with Crippen LogP contribution in [0.1, 0.15) is 33.6 Å². The summed E-state index contributed by atoms with van der Waals surface area (Å²) in [5.74, 6) is 0.759. The molecule has 0 unspecified atom stereocenters. The van der Waals surface area contributed by atoms with Crippen LogP contribution in [0.15, 0.2) is 42.5 Å². The highest BCUT2D eigenvalue weighted by atomic mass is 35.5. The van der Waals surface area contributed by atoms with Crippen LogP contribution in [0.25, 0.3) is 0 Å². The van der Waals surface area contributed by atoms with Gasteiger partial charge < -0.3 is 19.7 Å². The molecule has 0 bridgehead atoms. The van der Waals surface area contributed by atoms with Gasteiger partial charge in [0.1, 0.15) is 11.5 Å². The SMILES string of the molecule is COc1ccc(Cl)cc1C(=O)NC1CCN(C(=O)c2ccccc2OC)CC1. The number of para-hydroxylation sites is 1. The van der Waals surface area contributed by atoms with Crippen LogP contribution < -0.4 is 14.8 Å². The lowest BCUT2D eigenvalue weighted by molar-refractivity contribution is 0.0695. The largest absolute Gasteiger partial charge is 0.496 e. The summed E-state index contributed by atoms with van der Waals surface area (Å²) in [5, 5.41) is 3.49. The average Bonchev–Trinajstić information content (AvgIpc) is 2.73. The number of piperidine rings is 1. The second-order valence-electron chi connectivity index (χ2n) is 6.58. The number of methoxy groups -OCH3 is 2. The van der Waals surface area contributed by atoms with Crippen molar-refractivity contribution in [2.45, 2.75) is 18.9 Å². The predicted octanol–water partition coefficient (Wildman–Crippen LogP) is 3.39. The van der Waals surface area contributed by atoms with Crippen LogP contribution in [0, 0.1) is 0 Å². The highest BCUT2D eigenvalue weighted by molar-refractivity contribution is 6.31. The lowest BCUT2D eigenvalue weighted by atomic mass is 10.0. The van der Waals surface area contributed by atoms with E-state index in [9.17, 15) is 9.59 Å². The van der Waals surface area contributed by atoms with E-state index in [1.807, 2.05) is 12.1 Å². The maximum absolute atomic E-state index is 12.8. The van der Waals surface area contributed by atoms with Gasteiger partial charge in [0.05, 0.1) is 25.3 Å². The average molecular weight is 403 g/mol. The standard InChI is InChI=1S/C21H23ClN2O4/c1-27-18-6-4-3-5-16(18)21(26)24-11-9-15(10-12-24)23-20(25)17-13-14(22)7-8-19(17)28-2/h3-8,13,15H,9-12H2,1-2H3,(H,23,25). The number of ether oxygens (including phenoxy) is 2. The number of amides is 2.